The highest BCUT2D eigenvalue weighted by Crippen LogP contribution is 2.32. The lowest BCUT2D eigenvalue weighted by Gasteiger charge is -2.15. The topological polar surface area (TPSA) is 79.1 Å². The molecule has 2 heterocycles. The van der Waals surface area contributed by atoms with Crippen molar-refractivity contribution in [2.45, 2.75) is 65.5 Å². The molecule has 7 nitrogen and oxygen atoms in total. The number of ether oxygens (including phenoxy) is 2. The fourth-order valence-corrected chi connectivity index (χ4v) is 3.53. The largest absolute Gasteiger partial charge is 0.489 e. The van der Waals surface area contributed by atoms with Crippen molar-refractivity contribution in [3.05, 3.63) is 59.0 Å². The van der Waals surface area contributed by atoms with Gasteiger partial charge in [0.1, 0.15) is 0 Å². The molecule has 0 aliphatic carbocycles. The van der Waals surface area contributed by atoms with Crippen LogP contribution in [-0.2, 0) is 23.8 Å². The first-order valence-electron chi connectivity index (χ1n) is 11.6. The summed E-state index contributed by atoms with van der Waals surface area (Å²) in [5.74, 6) is 0.963. The molecule has 0 saturated carbocycles. The van der Waals surface area contributed by atoms with Gasteiger partial charge in [-0.1, -0.05) is 39.8 Å². The highest BCUT2D eigenvalue weighted by atomic mass is 19.4. The predicted octanol–water partition coefficient (Wildman–Crippen LogP) is 5.69. The van der Waals surface area contributed by atoms with Gasteiger partial charge in [-0.15, -0.1) is 10.2 Å². The number of hydrogen-bond acceptors (Lipinski definition) is 6. The van der Waals surface area contributed by atoms with Crippen LogP contribution in [0.4, 0.5) is 13.2 Å². The van der Waals surface area contributed by atoms with E-state index in [-0.39, 0.29) is 24.1 Å². The fraction of sp³-hybridized carbons (Fsp3) is 0.440. The predicted molar refractivity (Wildman–Crippen MR) is 124 cm³/mol. The minimum Gasteiger partial charge on any atom is -0.489 e. The normalized spacial score (nSPS) is 11.7. The number of halogens is 3. The third kappa shape index (κ3) is 6.58. The Kier molecular flexibility index (Phi) is 8.48. The zero-order chi connectivity index (χ0) is 25.6. The standard InChI is InChI=1S/C25H29F3N4O3/c1-5-17-9-7-11-19(35-22(33)6-2)24(17)34-14-8-10-18-15-32(31-23(18)16(3)4)21-13-12-20(29-30-21)25(26,27)28/h7,9,11-13,15-16H,5-6,8,10,14H2,1-4H3. The van der Waals surface area contributed by atoms with Crippen molar-refractivity contribution in [3.8, 4) is 17.3 Å². The number of esters is 1. The van der Waals surface area contributed by atoms with E-state index in [1.54, 1.807) is 19.2 Å². The van der Waals surface area contributed by atoms with Gasteiger partial charge in [0.15, 0.2) is 23.0 Å². The first-order valence-corrected chi connectivity index (χ1v) is 11.6. The number of alkyl halides is 3. The number of rotatable bonds is 10. The van der Waals surface area contributed by atoms with Crippen molar-refractivity contribution in [1.82, 2.24) is 20.0 Å². The van der Waals surface area contributed by atoms with Crippen LogP contribution in [0.2, 0.25) is 0 Å². The van der Waals surface area contributed by atoms with Crippen LogP contribution in [0.5, 0.6) is 11.5 Å². The van der Waals surface area contributed by atoms with Crippen molar-refractivity contribution >= 4 is 5.97 Å². The maximum Gasteiger partial charge on any atom is 0.435 e. The third-order valence-electron chi connectivity index (χ3n) is 5.34. The first-order chi connectivity index (χ1) is 16.6. The van der Waals surface area contributed by atoms with E-state index in [9.17, 15) is 18.0 Å². The number of carbonyl (C=O) groups is 1. The quantitative estimate of drug-likeness (QED) is 0.206. The van der Waals surface area contributed by atoms with Gasteiger partial charge in [-0.05, 0) is 54.5 Å². The van der Waals surface area contributed by atoms with Gasteiger partial charge in [0.05, 0.1) is 12.3 Å². The lowest BCUT2D eigenvalue weighted by atomic mass is 10.0. The monoisotopic (exact) mass is 490 g/mol. The van der Waals surface area contributed by atoms with Gasteiger partial charge < -0.3 is 9.47 Å². The van der Waals surface area contributed by atoms with Crippen LogP contribution in [-0.4, -0.2) is 32.6 Å². The van der Waals surface area contributed by atoms with Crippen molar-refractivity contribution < 1.29 is 27.4 Å². The smallest absolute Gasteiger partial charge is 0.435 e. The van der Waals surface area contributed by atoms with E-state index in [0.717, 1.165) is 29.3 Å². The molecule has 0 fully saturated rings. The fourth-order valence-electron chi connectivity index (χ4n) is 3.53. The molecule has 2 aromatic heterocycles. The van der Waals surface area contributed by atoms with Crippen LogP contribution >= 0.6 is 0 Å². The highest BCUT2D eigenvalue weighted by molar-refractivity contribution is 5.73. The zero-order valence-corrected chi connectivity index (χ0v) is 20.2. The van der Waals surface area contributed by atoms with Crippen molar-refractivity contribution in [1.29, 1.82) is 0 Å². The number of carbonyl (C=O) groups excluding carboxylic acids is 1. The summed E-state index contributed by atoms with van der Waals surface area (Å²) in [7, 11) is 0. The Morgan fingerprint density at radius 1 is 1.09 bits per heavy atom. The molecule has 3 rings (SSSR count). The van der Waals surface area contributed by atoms with Gasteiger partial charge in [-0.2, -0.15) is 18.3 Å². The van der Waals surface area contributed by atoms with Gasteiger partial charge in [-0.3, -0.25) is 4.79 Å². The molecule has 35 heavy (non-hydrogen) atoms. The molecule has 0 atom stereocenters. The summed E-state index contributed by atoms with van der Waals surface area (Å²) in [6.07, 6.45) is -0.494. The number of nitrogens with zero attached hydrogens (tertiary/aromatic N) is 4. The maximum absolute atomic E-state index is 12.8. The molecule has 0 amide bonds. The summed E-state index contributed by atoms with van der Waals surface area (Å²) in [5.41, 5.74) is 1.68. The molecule has 0 spiro atoms. The van der Waals surface area contributed by atoms with Gasteiger partial charge in [0.2, 0.25) is 0 Å². The minimum atomic E-state index is -4.55. The second-order valence-electron chi connectivity index (χ2n) is 8.29. The molecule has 1 aromatic carbocycles. The number of aryl methyl sites for hydroxylation is 2. The van der Waals surface area contributed by atoms with E-state index in [4.69, 9.17) is 9.47 Å². The van der Waals surface area contributed by atoms with Gasteiger partial charge in [-0.25, -0.2) is 4.68 Å². The van der Waals surface area contributed by atoms with Crippen LogP contribution in [0.3, 0.4) is 0 Å². The van der Waals surface area contributed by atoms with Gasteiger partial charge in [0, 0.05) is 12.6 Å². The lowest BCUT2D eigenvalue weighted by Crippen LogP contribution is -2.10. The second-order valence-corrected chi connectivity index (χ2v) is 8.29. The second kappa shape index (κ2) is 11.3. The molecular formula is C25H29F3N4O3. The molecule has 0 N–H and O–H groups in total. The van der Waals surface area contributed by atoms with Crippen molar-refractivity contribution in [2.24, 2.45) is 0 Å². The summed E-state index contributed by atoms with van der Waals surface area (Å²) in [5, 5.41) is 11.5. The number of para-hydroxylation sites is 1. The third-order valence-corrected chi connectivity index (χ3v) is 5.34. The molecule has 0 saturated heterocycles. The van der Waals surface area contributed by atoms with E-state index >= 15 is 0 Å². The zero-order valence-electron chi connectivity index (χ0n) is 20.2. The van der Waals surface area contributed by atoms with E-state index in [0.29, 0.717) is 30.9 Å². The van der Waals surface area contributed by atoms with Crippen LogP contribution in [0.1, 0.15) is 69.0 Å². The van der Waals surface area contributed by atoms with Crippen molar-refractivity contribution in [3.63, 3.8) is 0 Å². The summed E-state index contributed by atoms with van der Waals surface area (Å²) in [4.78, 5) is 11.8. The lowest BCUT2D eigenvalue weighted by molar-refractivity contribution is -0.141. The molecule has 0 radical (unpaired) electrons. The molecule has 0 aliphatic heterocycles. The number of hydrogen-bond donors (Lipinski definition) is 0. The average Bonchev–Trinajstić information content (AvgIpc) is 3.26. The average molecular weight is 491 g/mol. The van der Waals surface area contributed by atoms with Gasteiger partial charge >= 0.3 is 12.1 Å². The highest BCUT2D eigenvalue weighted by Gasteiger charge is 2.33. The molecule has 0 aliphatic rings. The molecular weight excluding hydrogens is 461 g/mol. The van der Waals surface area contributed by atoms with Crippen LogP contribution in [0, 0.1) is 0 Å². The number of benzene rings is 1. The first kappa shape index (κ1) is 26.2. The van der Waals surface area contributed by atoms with E-state index in [2.05, 4.69) is 15.3 Å². The van der Waals surface area contributed by atoms with E-state index in [1.165, 1.54) is 10.7 Å². The minimum absolute atomic E-state index is 0.107. The summed E-state index contributed by atoms with van der Waals surface area (Å²) in [6, 6.07) is 7.62. The van der Waals surface area contributed by atoms with Crippen LogP contribution in [0.15, 0.2) is 36.5 Å². The summed E-state index contributed by atoms with van der Waals surface area (Å²) < 4.78 is 51.3. The Morgan fingerprint density at radius 2 is 1.86 bits per heavy atom. The Labute approximate surface area is 202 Å². The Bertz CT molecular complexity index is 1140. The maximum atomic E-state index is 12.8. The summed E-state index contributed by atoms with van der Waals surface area (Å²) >= 11 is 0. The Morgan fingerprint density at radius 3 is 2.46 bits per heavy atom. The molecule has 188 valence electrons. The van der Waals surface area contributed by atoms with Gasteiger partial charge in [0.25, 0.3) is 0 Å². The molecule has 0 bridgehead atoms. The van der Waals surface area contributed by atoms with E-state index < -0.39 is 11.9 Å². The molecule has 10 heteroatoms. The van der Waals surface area contributed by atoms with Crippen LogP contribution in [0.25, 0.3) is 5.82 Å². The van der Waals surface area contributed by atoms with Crippen molar-refractivity contribution in [2.75, 3.05) is 6.61 Å². The Balaban J connectivity index is 1.71. The SMILES string of the molecule is CCC(=O)Oc1cccc(CC)c1OCCCc1cn(-c2ccc(C(F)(F)F)nn2)nc1C(C)C. The molecule has 0 unspecified atom stereocenters. The van der Waals surface area contributed by atoms with Crippen LogP contribution < -0.4 is 9.47 Å². The number of aromatic nitrogens is 4. The molecule has 3 aromatic rings. The Hall–Kier alpha value is -3.43. The van der Waals surface area contributed by atoms with E-state index in [1.807, 2.05) is 32.9 Å². The summed E-state index contributed by atoms with van der Waals surface area (Å²) in [6.45, 7) is 8.11.